The molecule has 3 N–H and O–H groups in total. The van der Waals surface area contributed by atoms with Crippen LogP contribution in [0.5, 0.6) is 0 Å². The minimum absolute atomic E-state index is 0.0509. The van der Waals surface area contributed by atoms with Gasteiger partial charge in [-0.2, -0.15) is 0 Å². The number of halogens is 1. The van der Waals surface area contributed by atoms with Crippen LogP contribution in [0.4, 0.5) is 0 Å². The van der Waals surface area contributed by atoms with Crippen LogP contribution in [0.2, 0.25) is 5.02 Å². The summed E-state index contributed by atoms with van der Waals surface area (Å²) in [6.45, 7) is 0.607. The van der Waals surface area contributed by atoms with Gasteiger partial charge in [-0.1, -0.05) is 41.9 Å². The van der Waals surface area contributed by atoms with E-state index in [-0.39, 0.29) is 12.6 Å². The van der Waals surface area contributed by atoms with Gasteiger partial charge in [0, 0.05) is 51.9 Å². The Balaban J connectivity index is 1.54. The Bertz CT molecular complexity index is 1040. The first-order chi connectivity index (χ1) is 12.8. The number of aliphatic hydroxyl groups is 1. The number of nitrogens with one attached hydrogen (secondary N) is 2. The van der Waals surface area contributed by atoms with E-state index in [4.69, 9.17) is 11.6 Å². The van der Waals surface area contributed by atoms with E-state index >= 15 is 0 Å². The van der Waals surface area contributed by atoms with E-state index in [0.717, 1.165) is 28.4 Å². The molecule has 0 amide bonds. The Morgan fingerprint density at radius 2 is 2.00 bits per heavy atom. The zero-order chi connectivity index (χ0) is 17.9. The highest BCUT2D eigenvalue weighted by Gasteiger charge is 2.14. The van der Waals surface area contributed by atoms with E-state index in [1.165, 1.54) is 10.9 Å². The topological polar surface area (TPSA) is 60.9 Å². The minimum Gasteiger partial charge on any atom is -0.395 e. The van der Waals surface area contributed by atoms with Crippen LogP contribution < -0.4 is 5.32 Å². The molecule has 1 atom stereocenters. The van der Waals surface area contributed by atoms with Gasteiger partial charge in [-0.15, -0.1) is 0 Å². The maximum Gasteiger partial charge on any atom is 0.0761 e. The van der Waals surface area contributed by atoms with Gasteiger partial charge in [0.25, 0.3) is 0 Å². The zero-order valence-corrected chi connectivity index (χ0v) is 15.0. The predicted molar refractivity (Wildman–Crippen MR) is 106 cm³/mol. The quantitative estimate of drug-likeness (QED) is 0.483. The van der Waals surface area contributed by atoms with E-state index in [9.17, 15) is 5.11 Å². The van der Waals surface area contributed by atoms with Crippen molar-refractivity contribution in [2.24, 2.45) is 0 Å². The summed E-state index contributed by atoms with van der Waals surface area (Å²) in [5, 5.41) is 16.2. The van der Waals surface area contributed by atoms with Crippen LogP contribution in [0.1, 0.15) is 11.1 Å². The molecule has 4 rings (SSSR count). The number of H-pyrrole nitrogens is 1. The molecule has 0 saturated heterocycles. The second kappa shape index (κ2) is 7.46. The second-order valence-corrected chi connectivity index (χ2v) is 6.83. The molecule has 4 nitrogen and oxygen atoms in total. The van der Waals surface area contributed by atoms with Gasteiger partial charge in [-0.05, 0) is 30.2 Å². The maximum absolute atomic E-state index is 9.84. The number of rotatable bonds is 6. The molecule has 0 bridgehead atoms. The van der Waals surface area contributed by atoms with E-state index in [1.54, 1.807) is 6.20 Å². The Morgan fingerprint density at radius 3 is 2.88 bits per heavy atom. The molecule has 2 aromatic carbocycles. The highest BCUT2D eigenvalue weighted by atomic mass is 35.5. The van der Waals surface area contributed by atoms with Crippen molar-refractivity contribution in [2.75, 3.05) is 6.61 Å². The van der Waals surface area contributed by atoms with E-state index in [0.29, 0.717) is 11.6 Å². The third-order valence-corrected chi connectivity index (χ3v) is 5.11. The largest absolute Gasteiger partial charge is 0.395 e. The molecule has 0 fully saturated rings. The number of aromatic nitrogens is 2. The summed E-state index contributed by atoms with van der Waals surface area (Å²) in [7, 11) is 0. The molecule has 26 heavy (non-hydrogen) atoms. The number of fused-ring (bicyclic) bond motifs is 2. The third-order valence-electron chi connectivity index (χ3n) is 4.75. The number of hydrogen-bond acceptors (Lipinski definition) is 3. The van der Waals surface area contributed by atoms with E-state index in [1.807, 2.05) is 42.6 Å². The van der Waals surface area contributed by atoms with Crippen molar-refractivity contribution in [1.82, 2.24) is 15.3 Å². The molecule has 5 heteroatoms. The Hall–Kier alpha value is -2.40. The lowest BCUT2D eigenvalue weighted by atomic mass is 10.0. The van der Waals surface area contributed by atoms with Crippen LogP contribution >= 0.6 is 11.6 Å². The van der Waals surface area contributed by atoms with Crippen LogP contribution in [-0.2, 0) is 13.0 Å². The van der Waals surface area contributed by atoms with Crippen molar-refractivity contribution in [3.05, 3.63) is 77.1 Å². The van der Waals surface area contributed by atoms with Crippen LogP contribution in [0, 0.1) is 0 Å². The lowest BCUT2D eigenvalue weighted by Gasteiger charge is -2.17. The van der Waals surface area contributed by atoms with E-state index < -0.39 is 0 Å². The highest BCUT2D eigenvalue weighted by molar-refractivity contribution is 6.32. The summed E-state index contributed by atoms with van der Waals surface area (Å²) < 4.78 is 0. The SMILES string of the molecule is OCC(Cc1c[nH]c2ccccc12)NCc1c(Cl)ccc2cccnc12. The van der Waals surface area contributed by atoms with Crippen molar-refractivity contribution in [3.8, 4) is 0 Å². The average Bonchev–Trinajstić information content (AvgIpc) is 3.09. The zero-order valence-electron chi connectivity index (χ0n) is 14.2. The lowest BCUT2D eigenvalue weighted by Crippen LogP contribution is -2.34. The molecule has 4 aromatic rings. The lowest BCUT2D eigenvalue weighted by molar-refractivity contribution is 0.241. The molecule has 0 spiro atoms. The molecule has 1 unspecified atom stereocenters. The Morgan fingerprint density at radius 1 is 1.12 bits per heavy atom. The van der Waals surface area contributed by atoms with Crippen molar-refractivity contribution in [1.29, 1.82) is 0 Å². The number of aliphatic hydroxyl groups excluding tert-OH is 1. The van der Waals surface area contributed by atoms with Gasteiger partial charge in [0.2, 0.25) is 0 Å². The smallest absolute Gasteiger partial charge is 0.0761 e. The minimum atomic E-state index is -0.0655. The number of nitrogens with zero attached hydrogens (tertiary/aromatic N) is 1. The molecular weight excluding hydrogens is 346 g/mol. The van der Waals surface area contributed by atoms with Gasteiger partial charge in [0.15, 0.2) is 0 Å². The highest BCUT2D eigenvalue weighted by Crippen LogP contribution is 2.25. The van der Waals surface area contributed by atoms with Crippen LogP contribution in [0.25, 0.3) is 21.8 Å². The number of pyridine rings is 1. The van der Waals surface area contributed by atoms with Crippen molar-refractivity contribution >= 4 is 33.4 Å². The first kappa shape index (κ1) is 17.0. The third kappa shape index (κ3) is 3.31. The molecule has 0 radical (unpaired) electrons. The maximum atomic E-state index is 9.84. The normalized spacial score (nSPS) is 12.7. The summed E-state index contributed by atoms with van der Waals surface area (Å²) >= 11 is 6.40. The van der Waals surface area contributed by atoms with Gasteiger partial charge in [0.05, 0.1) is 12.1 Å². The summed E-state index contributed by atoms with van der Waals surface area (Å²) in [4.78, 5) is 7.75. The Labute approximate surface area is 156 Å². The first-order valence-electron chi connectivity index (χ1n) is 8.67. The standard InChI is InChI=1S/C21H20ClN3O/c22-19-8-7-14-4-3-9-23-21(14)18(19)12-24-16(13-26)10-15-11-25-20-6-2-1-5-17(15)20/h1-9,11,16,24-26H,10,12-13H2. The molecule has 2 aromatic heterocycles. The van der Waals surface area contributed by atoms with Crippen molar-refractivity contribution in [3.63, 3.8) is 0 Å². The number of benzene rings is 2. The van der Waals surface area contributed by atoms with E-state index in [2.05, 4.69) is 27.4 Å². The van der Waals surface area contributed by atoms with Gasteiger partial charge in [-0.25, -0.2) is 0 Å². The molecule has 132 valence electrons. The molecule has 0 saturated carbocycles. The predicted octanol–water partition coefficient (Wildman–Crippen LogP) is 4.06. The van der Waals surface area contributed by atoms with Crippen LogP contribution in [0.3, 0.4) is 0 Å². The fourth-order valence-corrected chi connectivity index (χ4v) is 3.58. The van der Waals surface area contributed by atoms with Crippen molar-refractivity contribution in [2.45, 2.75) is 19.0 Å². The number of aromatic amines is 1. The number of hydrogen-bond donors (Lipinski definition) is 3. The Kier molecular flexibility index (Phi) is 4.89. The van der Waals surface area contributed by atoms with Gasteiger partial charge in [0.1, 0.15) is 0 Å². The van der Waals surface area contributed by atoms with Crippen LogP contribution in [0.15, 0.2) is 60.9 Å². The average molecular weight is 366 g/mol. The second-order valence-electron chi connectivity index (χ2n) is 6.43. The first-order valence-corrected chi connectivity index (χ1v) is 9.05. The molecule has 0 aliphatic rings. The fraction of sp³-hybridized carbons (Fsp3) is 0.190. The molecule has 0 aliphatic heterocycles. The van der Waals surface area contributed by atoms with Crippen LogP contribution in [-0.4, -0.2) is 27.7 Å². The summed E-state index contributed by atoms with van der Waals surface area (Å²) in [5.41, 5.74) is 4.16. The summed E-state index contributed by atoms with van der Waals surface area (Å²) in [6, 6.07) is 16.0. The molecular formula is C21H20ClN3O. The summed E-state index contributed by atoms with van der Waals surface area (Å²) in [5.74, 6) is 0. The van der Waals surface area contributed by atoms with Gasteiger partial charge >= 0.3 is 0 Å². The fourth-order valence-electron chi connectivity index (χ4n) is 3.36. The molecule has 0 aliphatic carbocycles. The summed E-state index contributed by atoms with van der Waals surface area (Å²) in [6.07, 6.45) is 4.52. The number of para-hydroxylation sites is 1. The molecule has 2 heterocycles. The van der Waals surface area contributed by atoms with Crippen molar-refractivity contribution < 1.29 is 5.11 Å². The monoisotopic (exact) mass is 365 g/mol. The van der Waals surface area contributed by atoms with Gasteiger partial charge in [-0.3, -0.25) is 4.98 Å². The van der Waals surface area contributed by atoms with Gasteiger partial charge < -0.3 is 15.4 Å².